The fourth-order valence-electron chi connectivity index (χ4n) is 4.39. The summed E-state index contributed by atoms with van der Waals surface area (Å²) in [5, 5.41) is 9.45. The second-order valence-corrected chi connectivity index (χ2v) is 8.85. The van der Waals surface area contributed by atoms with Crippen LogP contribution in [0, 0.1) is 25.2 Å². The minimum absolute atomic E-state index is 0.255. The standard InChI is InChI=1S/C30H30N4O2/c1-5-9-28-33-30(35)29(36-27-18-32-21(4)16-20(27)3)26(6-2)34(28)19-22-12-14-23(15-13-22)25-11-8-7-10-24(25)17-31/h7-8,10-16,18H,5-6,9,19H2,1-4H3. The number of aromatic nitrogens is 3. The summed E-state index contributed by atoms with van der Waals surface area (Å²) in [5.41, 5.74) is 5.90. The number of ether oxygens (including phenoxy) is 1. The predicted octanol–water partition coefficient (Wildman–Crippen LogP) is 6.15. The summed E-state index contributed by atoms with van der Waals surface area (Å²) < 4.78 is 8.25. The summed E-state index contributed by atoms with van der Waals surface area (Å²) in [4.78, 5) is 21.8. The highest BCUT2D eigenvalue weighted by atomic mass is 16.5. The van der Waals surface area contributed by atoms with Crippen molar-refractivity contribution in [3.8, 4) is 28.7 Å². The molecule has 0 unspecified atom stereocenters. The van der Waals surface area contributed by atoms with E-state index in [1.165, 1.54) is 0 Å². The fourth-order valence-corrected chi connectivity index (χ4v) is 4.39. The summed E-state index contributed by atoms with van der Waals surface area (Å²) in [5.74, 6) is 1.57. The maximum Gasteiger partial charge on any atom is 0.316 e. The number of pyridine rings is 1. The maximum absolute atomic E-state index is 13.0. The molecule has 2 aromatic carbocycles. The van der Waals surface area contributed by atoms with Crippen molar-refractivity contribution in [1.82, 2.24) is 14.5 Å². The van der Waals surface area contributed by atoms with Crippen LogP contribution in [-0.4, -0.2) is 14.5 Å². The molecule has 0 amide bonds. The fraction of sp³-hybridized carbons (Fsp3) is 0.267. The number of rotatable bonds is 8. The zero-order valence-electron chi connectivity index (χ0n) is 21.2. The van der Waals surface area contributed by atoms with Gasteiger partial charge in [0.2, 0.25) is 5.75 Å². The molecule has 0 aliphatic carbocycles. The van der Waals surface area contributed by atoms with Crippen LogP contribution in [0.2, 0.25) is 0 Å². The topological polar surface area (TPSA) is 80.8 Å². The number of benzene rings is 2. The second-order valence-electron chi connectivity index (χ2n) is 8.85. The maximum atomic E-state index is 13.0. The summed E-state index contributed by atoms with van der Waals surface area (Å²) in [6.45, 7) is 8.53. The third-order valence-corrected chi connectivity index (χ3v) is 6.20. The average molecular weight is 479 g/mol. The number of nitriles is 1. The van der Waals surface area contributed by atoms with E-state index in [0.717, 1.165) is 45.9 Å². The van der Waals surface area contributed by atoms with Crippen LogP contribution in [0.5, 0.6) is 11.5 Å². The Hall–Kier alpha value is -4.24. The Kier molecular flexibility index (Phi) is 7.60. The number of hydrogen-bond donors (Lipinski definition) is 0. The van der Waals surface area contributed by atoms with E-state index >= 15 is 0 Å². The van der Waals surface area contributed by atoms with Gasteiger partial charge in [-0.25, -0.2) is 0 Å². The van der Waals surface area contributed by atoms with Gasteiger partial charge in [0.1, 0.15) is 11.6 Å². The van der Waals surface area contributed by atoms with Crippen LogP contribution in [0.3, 0.4) is 0 Å². The molecule has 4 rings (SSSR count). The predicted molar refractivity (Wildman–Crippen MR) is 141 cm³/mol. The molecular weight excluding hydrogens is 448 g/mol. The molecule has 2 aromatic heterocycles. The van der Waals surface area contributed by atoms with Crippen molar-refractivity contribution >= 4 is 0 Å². The minimum atomic E-state index is -0.352. The van der Waals surface area contributed by atoms with E-state index in [4.69, 9.17) is 4.74 Å². The first-order valence-electron chi connectivity index (χ1n) is 12.3. The zero-order chi connectivity index (χ0) is 25.7. The van der Waals surface area contributed by atoms with Crippen LogP contribution in [0.15, 0.2) is 65.6 Å². The van der Waals surface area contributed by atoms with E-state index in [1.54, 1.807) is 6.20 Å². The molecule has 0 saturated heterocycles. The first-order valence-corrected chi connectivity index (χ1v) is 12.3. The molecule has 2 heterocycles. The molecule has 0 bridgehead atoms. The van der Waals surface area contributed by atoms with Gasteiger partial charge in [0.05, 0.1) is 23.5 Å². The molecule has 0 fully saturated rings. The smallest absolute Gasteiger partial charge is 0.316 e. The van der Waals surface area contributed by atoms with Gasteiger partial charge in [0.15, 0.2) is 0 Å². The highest BCUT2D eigenvalue weighted by Gasteiger charge is 2.19. The normalized spacial score (nSPS) is 10.8. The van der Waals surface area contributed by atoms with Crippen LogP contribution in [0.1, 0.15) is 54.2 Å². The van der Waals surface area contributed by atoms with Crippen molar-refractivity contribution < 1.29 is 4.74 Å². The van der Waals surface area contributed by atoms with Crippen LogP contribution >= 0.6 is 0 Å². The monoisotopic (exact) mass is 478 g/mol. The molecule has 0 N–H and O–H groups in total. The van der Waals surface area contributed by atoms with Crippen molar-refractivity contribution in [2.75, 3.05) is 0 Å². The summed E-state index contributed by atoms with van der Waals surface area (Å²) >= 11 is 0. The molecule has 182 valence electrons. The van der Waals surface area contributed by atoms with E-state index in [1.807, 2.05) is 63.2 Å². The van der Waals surface area contributed by atoms with Crippen LogP contribution < -0.4 is 10.3 Å². The Bertz CT molecular complexity index is 1480. The van der Waals surface area contributed by atoms with Crippen molar-refractivity contribution in [2.24, 2.45) is 0 Å². The lowest BCUT2D eigenvalue weighted by molar-refractivity contribution is 0.445. The second kappa shape index (κ2) is 11.0. The summed E-state index contributed by atoms with van der Waals surface area (Å²) in [7, 11) is 0. The Balaban J connectivity index is 1.73. The first-order chi connectivity index (χ1) is 17.4. The lowest BCUT2D eigenvalue weighted by Crippen LogP contribution is -2.24. The number of nitrogens with zero attached hydrogens (tertiary/aromatic N) is 4. The number of aryl methyl sites for hydroxylation is 3. The molecule has 6 heteroatoms. The van der Waals surface area contributed by atoms with Gasteiger partial charge in [-0.2, -0.15) is 10.2 Å². The van der Waals surface area contributed by atoms with Gasteiger partial charge < -0.3 is 9.30 Å². The van der Waals surface area contributed by atoms with Gasteiger partial charge in [-0.05, 0) is 61.1 Å². The quantitative estimate of drug-likeness (QED) is 0.303. The molecule has 0 spiro atoms. The Morgan fingerprint density at radius 2 is 1.81 bits per heavy atom. The van der Waals surface area contributed by atoms with Crippen LogP contribution in [-0.2, 0) is 19.4 Å². The molecule has 0 radical (unpaired) electrons. The molecule has 36 heavy (non-hydrogen) atoms. The lowest BCUT2D eigenvalue weighted by atomic mass is 9.99. The van der Waals surface area contributed by atoms with E-state index in [2.05, 4.69) is 39.7 Å². The molecule has 0 aliphatic rings. The van der Waals surface area contributed by atoms with Gasteiger partial charge in [-0.1, -0.05) is 56.3 Å². The van der Waals surface area contributed by atoms with E-state index in [9.17, 15) is 10.1 Å². The summed E-state index contributed by atoms with van der Waals surface area (Å²) in [6, 6.07) is 20.0. The van der Waals surface area contributed by atoms with Crippen LogP contribution in [0.4, 0.5) is 0 Å². The molecule has 0 saturated carbocycles. The van der Waals surface area contributed by atoms with Gasteiger partial charge in [0, 0.05) is 18.7 Å². The van der Waals surface area contributed by atoms with Crippen molar-refractivity contribution in [3.05, 3.63) is 105 Å². The largest absolute Gasteiger partial charge is 0.448 e. The lowest BCUT2D eigenvalue weighted by Gasteiger charge is -2.20. The molecule has 4 aromatic rings. The molecular formula is C30H30N4O2. The van der Waals surface area contributed by atoms with E-state index in [-0.39, 0.29) is 11.3 Å². The number of hydrogen-bond acceptors (Lipinski definition) is 5. The zero-order valence-corrected chi connectivity index (χ0v) is 21.2. The Morgan fingerprint density at radius 1 is 1.06 bits per heavy atom. The molecule has 6 nitrogen and oxygen atoms in total. The van der Waals surface area contributed by atoms with Crippen molar-refractivity contribution in [1.29, 1.82) is 5.26 Å². The average Bonchev–Trinajstić information content (AvgIpc) is 2.88. The van der Waals surface area contributed by atoms with Crippen LogP contribution in [0.25, 0.3) is 11.1 Å². The first kappa shape index (κ1) is 24.9. The van der Waals surface area contributed by atoms with E-state index < -0.39 is 0 Å². The Labute approximate surface area is 211 Å². The molecule has 0 aliphatic heterocycles. The Morgan fingerprint density at radius 3 is 2.47 bits per heavy atom. The highest BCUT2D eigenvalue weighted by Crippen LogP contribution is 2.28. The van der Waals surface area contributed by atoms with Gasteiger partial charge in [-0.3, -0.25) is 9.78 Å². The summed E-state index contributed by atoms with van der Waals surface area (Å²) in [6.07, 6.45) is 3.85. The SMILES string of the molecule is CCCc1nc(=O)c(Oc2cnc(C)cc2C)c(CC)n1Cc1ccc(-c2ccccc2C#N)cc1. The third kappa shape index (κ3) is 5.21. The minimum Gasteiger partial charge on any atom is -0.448 e. The molecule has 0 atom stereocenters. The van der Waals surface area contributed by atoms with Gasteiger partial charge in [-0.15, -0.1) is 0 Å². The van der Waals surface area contributed by atoms with Gasteiger partial charge in [0.25, 0.3) is 0 Å². The highest BCUT2D eigenvalue weighted by molar-refractivity contribution is 5.70. The van der Waals surface area contributed by atoms with E-state index in [0.29, 0.717) is 30.7 Å². The van der Waals surface area contributed by atoms with Crippen molar-refractivity contribution in [3.63, 3.8) is 0 Å². The van der Waals surface area contributed by atoms with Crippen molar-refractivity contribution in [2.45, 2.75) is 53.5 Å². The van der Waals surface area contributed by atoms with Gasteiger partial charge >= 0.3 is 5.56 Å². The third-order valence-electron chi connectivity index (χ3n) is 6.20.